The van der Waals surface area contributed by atoms with E-state index in [1.807, 2.05) is 6.92 Å². The molecule has 1 aliphatic heterocycles. The average Bonchev–Trinajstić information content (AvgIpc) is 2.81. The molecule has 0 saturated heterocycles. The Labute approximate surface area is 151 Å². The highest BCUT2D eigenvalue weighted by atomic mass is 19.1. The number of nitriles is 1. The van der Waals surface area contributed by atoms with Crippen molar-refractivity contribution >= 4 is 11.5 Å². The van der Waals surface area contributed by atoms with Gasteiger partial charge in [0, 0.05) is 16.7 Å². The van der Waals surface area contributed by atoms with Crippen molar-refractivity contribution < 1.29 is 18.7 Å². The third-order valence-corrected chi connectivity index (χ3v) is 4.18. The van der Waals surface area contributed by atoms with E-state index in [0.717, 1.165) is 17.5 Å². The standard InChI is InChI=1S/C21H18FNO3/c1-3-8-25-21(24)14-4-6-17-15(9-14)12-26-19-7-5-16(22)10-18(19)20(17)13(2)11-23/h4-7,9-10H,3,8,12H2,1-2H3. The van der Waals surface area contributed by atoms with Crippen LogP contribution in [0.5, 0.6) is 5.75 Å². The second-order valence-electron chi connectivity index (χ2n) is 6.05. The number of fused-ring (bicyclic) bond motifs is 2. The summed E-state index contributed by atoms with van der Waals surface area (Å²) in [6, 6.07) is 11.5. The first-order valence-corrected chi connectivity index (χ1v) is 8.39. The van der Waals surface area contributed by atoms with Crippen LogP contribution < -0.4 is 4.74 Å². The third kappa shape index (κ3) is 3.31. The molecule has 2 aromatic rings. The van der Waals surface area contributed by atoms with Crippen LogP contribution in [0.3, 0.4) is 0 Å². The van der Waals surface area contributed by atoms with Crippen LogP contribution in [0.15, 0.2) is 42.0 Å². The summed E-state index contributed by atoms with van der Waals surface area (Å²) in [6.07, 6.45) is 0.745. The Bertz CT molecular complexity index is 941. The van der Waals surface area contributed by atoms with Gasteiger partial charge in [0.2, 0.25) is 0 Å². The number of halogens is 1. The minimum Gasteiger partial charge on any atom is -0.488 e. The molecule has 3 rings (SSSR count). The molecule has 2 aromatic carbocycles. The molecule has 5 heteroatoms. The summed E-state index contributed by atoms with van der Waals surface area (Å²) in [5, 5.41) is 9.42. The molecule has 0 saturated carbocycles. The first-order valence-electron chi connectivity index (χ1n) is 8.39. The predicted octanol–water partition coefficient (Wildman–Crippen LogP) is 4.63. The summed E-state index contributed by atoms with van der Waals surface area (Å²) >= 11 is 0. The highest BCUT2D eigenvalue weighted by Gasteiger charge is 2.23. The highest BCUT2D eigenvalue weighted by Crippen LogP contribution is 2.39. The van der Waals surface area contributed by atoms with Crippen LogP contribution in [0.25, 0.3) is 5.57 Å². The largest absolute Gasteiger partial charge is 0.488 e. The molecule has 0 unspecified atom stereocenters. The number of hydrogen-bond acceptors (Lipinski definition) is 4. The first kappa shape index (κ1) is 17.7. The van der Waals surface area contributed by atoms with Crippen LogP contribution in [0.2, 0.25) is 0 Å². The van der Waals surface area contributed by atoms with Gasteiger partial charge in [0.05, 0.1) is 18.2 Å². The van der Waals surface area contributed by atoms with Crippen LogP contribution in [0.1, 0.15) is 47.3 Å². The molecule has 4 nitrogen and oxygen atoms in total. The lowest BCUT2D eigenvalue weighted by Crippen LogP contribution is -2.07. The fourth-order valence-corrected chi connectivity index (χ4v) is 2.95. The van der Waals surface area contributed by atoms with Crippen LogP contribution >= 0.6 is 0 Å². The number of rotatable bonds is 3. The summed E-state index contributed by atoms with van der Waals surface area (Å²) < 4.78 is 24.8. The van der Waals surface area contributed by atoms with Crippen molar-refractivity contribution in [3.8, 4) is 11.8 Å². The lowest BCUT2D eigenvalue weighted by molar-refractivity contribution is 0.0505. The molecule has 0 spiro atoms. The first-order chi connectivity index (χ1) is 12.5. The number of allylic oxidation sites excluding steroid dienone is 1. The smallest absolute Gasteiger partial charge is 0.338 e. The van der Waals surface area contributed by atoms with Crippen molar-refractivity contribution in [1.29, 1.82) is 5.26 Å². The van der Waals surface area contributed by atoms with E-state index < -0.39 is 11.8 Å². The summed E-state index contributed by atoms with van der Waals surface area (Å²) in [5.74, 6) is -0.300. The average molecular weight is 351 g/mol. The van der Waals surface area contributed by atoms with Gasteiger partial charge in [-0.3, -0.25) is 0 Å². The van der Waals surface area contributed by atoms with Crippen LogP contribution in [-0.4, -0.2) is 12.6 Å². The summed E-state index contributed by atoms with van der Waals surface area (Å²) in [6.45, 7) is 4.18. The topological polar surface area (TPSA) is 59.3 Å². The Hall–Kier alpha value is -3.13. The number of carbonyl (C=O) groups excluding carboxylic acids is 1. The number of hydrogen-bond donors (Lipinski definition) is 0. The molecule has 0 aromatic heterocycles. The minimum absolute atomic E-state index is 0.213. The van der Waals surface area contributed by atoms with E-state index in [1.165, 1.54) is 12.1 Å². The summed E-state index contributed by atoms with van der Waals surface area (Å²) in [4.78, 5) is 12.1. The van der Waals surface area contributed by atoms with Gasteiger partial charge in [-0.25, -0.2) is 9.18 Å². The lowest BCUT2D eigenvalue weighted by atomic mass is 9.90. The Kier molecular flexibility index (Phi) is 5.04. The fraction of sp³-hybridized carbons (Fsp3) is 0.238. The molecule has 26 heavy (non-hydrogen) atoms. The quantitative estimate of drug-likeness (QED) is 0.597. The van der Waals surface area contributed by atoms with Crippen molar-refractivity contribution in [2.75, 3.05) is 6.61 Å². The molecule has 0 amide bonds. The monoisotopic (exact) mass is 351 g/mol. The van der Waals surface area contributed by atoms with E-state index in [9.17, 15) is 14.4 Å². The van der Waals surface area contributed by atoms with E-state index in [1.54, 1.807) is 31.2 Å². The summed E-state index contributed by atoms with van der Waals surface area (Å²) in [7, 11) is 0. The number of carbonyl (C=O) groups is 1. The third-order valence-electron chi connectivity index (χ3n) is 4.18. The van der Waals surface area contributed by atoms with E-state index in [4.69, 9.17) is 9.47 Å². The van der Waals surface area contributed by atoms with E-state index >= 15 is 0 Å². The maximum absolute atomic E-state index is 13.8. The van der Waals surface area contributed by atoms with Gasteiger partial charge in [-0.05, 0) is 54.8 Å². The normalized spacial score (nSPS) is 14.2. The lowest BCUT2D eigenvalue weighted by Gasteiger charge is -2.12. The van der Waals surface area contributed by atoms with E-state index in [-0.39, 0.29) is 6.61 Å². The van der Waals surface area contributed by atoms with Crippen LogP contribution in [0.4, 0.5) is 4.39 Å². The number of esters is 1. The SMILES string of the molecule is CCCOC(=O)c1ccc2c(c1)COc1ccc(F)cc1C2=C(C)C#N. The summed E-state index contributed by atoms with van der Waals surface area (Å²) in [5.41, 5.74) is 3.52. The van der Waals surface area contributed by atoms with Gasteiger partial charge in [-0.1, -0.05) is 13.0 Å². The van der Waals surface area contributed by atoms with Gasteiger partial charge in [0.1, 0.15) is 18.2 Å². The van der Waals surface area contributed by atoms with Crippen LogP contribution in [0, 0.1) is 17.1 Å². The maximum Gasteiger partial charge on any atom is 0.338 e. The molecule has 1 heterocycles. The zero-order chi connectivity index (χ0) is 18.7. The van der Waals surface area contributed by atoms with Crippen molar-refractivity contribution in [1.82, 2.24) is 0 Å². The van der Waals surface area contributed by atoms with Crippen molar-refractivity contribution in [3.63, 3.8) is 0 Å². The van der Waals surface area contributed by atoms with Gasteiger partial charge < -0.3 is 9.47 Å². The fourth-order valence-electron chi connectivity index (χ4n) is 2.95. The predicted molar refractivity (Wildman–Crippen MR) is 95.1 cm³/mol. The maximum atomic E-state index is 13.8. The molecule has 0 radical (unpaired) electrons. The Balaban J connectivity index is 2.14. The van der Waals surface area contributed by atoms with Crippen molar-refractivity contribution in [2.24, 2.45) is 0 Å². The van der Waals surface area contributed by atoms with Gasteiger partial charge in [-0.15, -0.1) is 0 Å². The van der Waals surface area contributed by atoms with Gasteiger partial charge in [-0.2, -0.15) is 5.26 Å². The highest BCUT2D eigenvalue weighted by molar-refractivity contribution is 5.93. The number of nitrogens with zero attached hydrogens (tertiary/aromatic N) is 1. The molecule has 1 aliphatic rings. The van der Waals surface area contributed by atoms with Gasteiger partial charge >= 0.3 is 5.97 Å². The van der Waals surface area contributed by atoms with E-state index in [2.05, 4.69) is 6.07 Å². The molecule has 0 aliphatic carbocycles. The van der Waals surface area contributed by atoms with Gasteiger partial charge in [0.15, 0.2) is 0 Å². The zero-order valence-electron chi connectivity index (χ0n) is 14.6. The molecule has 132 valence electrons. The second kappa shape index (κ2) is 7.40. The Morgan fingerprint density at radius 1 is 1.27 bits per heavy atom. The molecular formula is C21H18FNO3. The molecule has 0 atom stereocenters. The molecular weight excluding hydrogens is 333 g/mol. The van der Waals surface area contributed by atoms with E-state index in [0.29, 0.717) is 34.6 Å². The molecule has 0 fully saturated rings. The van der Waals surface area contributed by atoms with Gasteiger partial charge in [0.25, 0.3) is 0 Å². The van der Waals surface area contributed by atoms with Crippen molar-refractivity contribution in [2.45, 2.75) is 26.9 Å². The Morgan fingerprint density at radius 2 is 2.08 bits per heavy atom. The number of ether oxygens (including phenoxy) is 2. The van der Waals surface area contributed by atoms with Crippen molar-refractivity contribution in [3.05, 3.63) is 70.0 Å². The van der Waals surface area contributed by atoms with Crippen LogP contribution in [-0.2, 0) is 11.3 Å². The minimum atomic E-state index is -0.404. The molecule has 0 N–H and O–H groups in total. The molecule has 0 bridgehead atoms. The zero-order valence-corrected chi connectivity index (χ0v) is 14.6. The Morgan fingerprint density at radius 3 is 2.81 bits per heavy atom. The number of benzene rings is 2. The second-order valence-corrected chi connectivity index (χ2v) is 6.05.